The molecular weight excluding hydrogens is 288 g/mol. The molecule has 0 N–H and O–H groups in total. The van der Waals surface area contributed by atoms with Crippen molar-refractivity contribution < 1.29 is 14.3 Å². The molecule has 0 bridgehead atoms. The number of carbonyl (C=O) groups excluding carboxylic acids is 1. The van der Waals surface area contributed by atoms with Crippen molar-refractivity contribution in [2.45, 2.75) is 13.5 Å². The van der Waals surface area contributed by atoms with Crippen LogP contribution in [0, 0.1) is 0 Å². The highest BCUT2D eigenvalue weighted by Crippen LogP contribution is 2.24. The molecule has 2 rings (SSSR count). The van der Waals surface area contributed by atoms with Gasteiger partial charge in [-0.2, -0.15) is 0 Å². The average Bonchev–Trinajstić information content (AvgIpc) is 2.98. The van der Waals surface area contributed by atoms with Crippen LogP contribution in [0.5, 0.6) is 5.75 Å². The molecule has 112 valence electrons. The predicted molar refractivity (Wildman–Crippen MR) is 83.2 cm³/mol. The van der Waals surface area contributed by atoms with Crippen molar-refractivity contribution >= 4 is 22.4 Å². The van der Waals surface area contributed by atoms with Gasteiger partial charge in [0.05, 0.1) is 13.7 Å². The van der Waals surface area contributed by atoms with E-state index in [0.717, 1.165) is 16.4 Å². The molecule has 1 aromatic heterocycles. The zero-order valence-electron chi connectivity index (χ0n) is 12.3. The number of anilines is 1. The molecule has 0 saturated heterocycles. The second kappa shape index (κ2) is 7.08. The monoisotopic (exact) mass is 306 g/mol. The first kappa shape index (κ1) is 15.3. The minimum absolute atomic E-state index is 0.350. The zero-order valence-corrected chi connectivity index (χ0v) is 13.1. The smallest absolute Gasteiger partial charge is 0.357 e. The van der Waals surface area contributed by atoms with E-state index < -0.39 is 0 Å². The number of thiazole rings is 1. The second-order valence-electron chi connectivity index (χ2n) is 4.40. The summed E-state index contributed by atoms with van der Waals surface area (Å²) in [5, 5.41) is 2.48. The summed E-state index contributed by atoms with van der Waals surface area (Å²) in [7, 11) is 3.58. The van der Waals surface area contributed by atoms with E-state index >= 15 is 0 Å². The lowest BCUT2D eigenvalue weighted by Gasteiger charge is -2.17. The Morgan fingerprint density at radius 3 is 2.86 bits per heavy atom. The van der Waals surface area contributed by atoms with Crippen molar-refractivity contribution in [3.63, 3.8) is 0 Å². The van der Waals surface area contributed by atoms with Gasteiger partial charge in [-0.3, -0.25) is 0 Å². The van der Waals surface area contributed by atoms with Gasteiger partial charge in [-0.05, 0) is 13.0 Å². The van der Waals surface area contributed by atoms with Crippen LogP contribution < -0.4 is 9.64 Å². The summed E-state index contributed by atoms with van der Waals surface area (Å²) in [6.07, 6.45) is 0. The molecule has 0 fully saturated rings. The third-order valence-electron chi connectivity index (χ3n) is 2.90. The van der Waals surface area contributed by atoms with E-state index in [9.17, 15) is 4.79 Å². The van der Waals surface area contributed by atoms with Gasteiger partial charge in [0.15, 0.2) is 10.8 Å². The zero-order chi connectivity index (χ0) is 15.2. The second-order valence-corrected chi connectivity index (χ2v) is 5.24. The van der Waals surface area contributed by atoms with Crippen LogP contribution in [-0.2, 0) is 11.3 Å². The number of nitrogens with zero attached hydrogens (tertiary/aromatic N) is 2. The third kappa shape index (κ3) is 3.72. The van der Waals surface area contributed by atoms with Gasteiger partial charge in [0, 0.05) is 24.5 Å². The molecule has 0 saturated carbocycles. The maximum absolute atomic E-state index is 11.6. The van der Waals surface area contributed by atoms with Crippen molar-refractivity contribution in [3.05, 3.63) is 40.9 Å². The molecule has 0 amide bonds. The van der Waals surface area contributed by atoms with E-state index in [-0.39, 0.29) is 5.97 Å². The molecular formula is C15H18N2O3S. The number of rotatable bonds is 6. The quantitative estimate of drug-likeness (QED) is 0.768. The minimum Gasteiger partial charge on any atom is -0.496 e. The first-order valence-electron chi connectivity index (χ1n) is 6.61. The van der Waals surface area contributed by atoms with Crippen LogP contribution in [0.1, 0.15) is 23.0 Å². The molecule has 0 radical (unpaired) electrons. The summed E-state index contributed by atoms with van der Waals surface area (Å²) in [6.45, 7) is 2.78. The average molecular weight is 306 g/mol. The van der Waals surface area contributed by atoms with E-state index in [0.29, 0.717) is 18.8 Å². The standard InChI is InChI=1S/C15H18N2O3S/c1-4-20-14(18)12-10-21-15(16-12)17(2)9-11-7-5-6-8-13(11)19-3/h5-8,10H,4,9H2,1-3H3. The fourth-order valence-electron chi connectivity index (χ4n) is 1.90. The van der Waals surface area contributed by atoms with Crippen molar-refractivity contribution in [2.24, 2.45) is 0 Å². The maximum atomic E-state index is 11.6. The number of para-hydroxylation sites is 1. The molecule has 0 aliphatic rings. The number of benzene rings is 1. The van der Waals surface area contributed by atoms with Crippen molar-refractivity contribution in [2.75, 3.05) is 25.7 Å². The molecule has 0 unspecified atom stereocenters. The summed E-state index contributed by atoms with van der Waals surface area (Å²) in [4.78, 5) is 17.9. The highest BCUT2D eigenvalue weighted by molar-refractivity contribution is 7.13. The van der Waals surface area contributed by atoms with Crippen LogP contribution in [0.4, 0.5) is 5.13 Å². The molecule has 1 heterocycles. The highest BCUT2D eigenvalue weighted by atomic mass is 32.1. The lowest BCUT2D eigenvalue weighted by molar-refractivity contribution is 0.0520. The van der Waals surface area contributed by atoms with Crippen LogP contribution >= 0.6 is 11.3 Å². The molecule has 21 heavy (non-hydrogen) atoms. The van der Waals surface area contributed by atoms with Crippen molar-refractivity contribution in [1.82, 2.24) is 4.98 Å². The number of methoxy groups -OCH3 is 1. The summed E-state index contributed by atoms with van der Waals surface area (Å²) in [5.74, 6) is 0.456. The number of hydrogen-bond donors (Lipinski definition) is 0. The Kier molecular flexibility index (Phi) is 5.16. The number of hydrogen-bond acceptors (Lipinski definition) is 6. The van der Waals surface area contributed by atoms with Gasteiger partial charge in [-0.1, -0.05) is 18.2 Å². The molecule has 6 heteroatoms. The van der Waals surface area contributed by atoms with Gasteiger partial charge in [0.1, 0.15) is 5.75 Å². The topological polar surface area (TPSA) is 51.7 Å². The Morgan fingerprint density at radius 2 is 2.14 bits per heavy atom. The van der Waals surface area contributed by atoms with Gasteiger partial charge in [-0.15, -0.1) is 11.3 Å². The van der Waals surface area contributed by atoms with E-state index in [1.807, 2.05) is 36.2 Å². The van der Waals surface area contributed by atoms with E-state index in [4.69, 9.17) is 9.47 Å². The molecule has 5 nitrogen and oxygen atoms in total. The number of ether oxygens (including phenoxy) is 2. The summed E-state index contributed by atoms with van der Waals surface area (Å²) >= 11 is 1.42. The van der Waals surface area contributed by atoms with E-state index in [1.54, 1.807) is 19.4 Å². The molecule has 0 spiro atoms. The minimum atomic E-state index is -0.384. The summed E-state index contributed by atoms with van der Waals surface area (Å²) < 4.78 is 10.3. The van der Waals surface area contributed by atoms with Crippen LogP contribution in [-0.4, -0.2) is 31.7 Å². The predicted octanol–water partition coefficient (Wildman–Crippen LogP) is 2.96. The first-order valence-corrected chi connectivity index (χ1v) is 7.49. The maximum Gasteiger partial charge on any atom is 0.357 e. The normalized spacial score (nSPS) is 10.2. The summed E-state index contributed by atoms with van der Waals surface area (Å²) in [5.41, 5.74) is 1.42. The van der Waals surface area contributed by atoms with Crippen LogP contribution in [0.15, 0.2) is 29.6 Å². The highest BCUT2D eigenvalue weighted by Gasteiger charge is 2.15. The third-order valence-corrected chi connectivity index (χ3v) is 3.86. The Morgan fingerprint density at radius 1 is 1.38 bits per heavy atom. The van der Waals surface area contributed by atoms with Gasteiger partial charge >= 0.3 is 5.97 Å². The number of carbonyl (C=O) groups is 1. The van der Waals surface area contributed by atoms with Crippen LogP contribution in [0.2, 0.25) is 0 Å². The van der Waals surface area contributed by atoms with Crippen molar-refractivity contribution in [1.29, 1.82) is 0 Å². The lowest BCUT2D eigenvalue weighted by atomic mass is 10.2. The fraction of sp³-hybridized carbons (Fsp3) is 0.333. The van der Waals surface area contributed by atoms with Gasteiger partial charge in [0.2, 0.25) is 0 Å². The fourth-order valence-corrected chi connectivity index (χ4v) is 2.66. The Labute approximate surface area is 128 Å². The Bertz CT molecular complexity index is 612. The largest absolute Gasteiger partial charge is 0.496 e. The van der Waals surface area contributed by atoms with Crippen LogP contribution in [0.25, 0.3) is 0 Å². The molecule has 1 aromatic carbocycles. The lowest BCUT2D eigenvalue weighted by Crippen LogP contribution is -2.17. The first-order chi connectivity index (χ1) is 10.2. The summed E-state index contributed by atoms with van der Waals surface area (Å²) in [6, 6.07) is 7.84. The van der Waals surface area contributed by atoms with Gasteiger partial charge < -0.3 is 14.4 Å². The van der Waals surface area contributed by atoms with E-state index in [1.165, 1.54) is 11.3 Å². The van der Waals surface area contributed by atoms with Crippen LogP contribution in [0.3, 0.4) is 0 Å². The molecule has 2 aromatic rings. The molecule has 0 aliphatic carbocycles. The number of esters is 1. The van der Waals surface area contributed by atoms with Gasteiger partial charge in [0.25, 0.3) is 0 Å². The number of aromatic nitrogens is 1. The van der Waals surface area contributed by atoms with E-state index in [2.05, 4.69) is 4.98 Å². The molecule has 0 aliphatic heterocycles. The van der Waals surface area contributed by atoms with Crippen molar-refractivity contribution in [3.8, 4) is 5.75 Å². The van der Waals surface area contributed by atoms with Gasteiger partial charge in [-0.25, -0.2) is 9.78 Å². The SMILES string of the molecule is CCOC(=O)c1csc(N(C)Cc2ccccc2OC)n1. The Balaban J connectivity index is 2.10. The Hall–Kier alpha value is -2.08. The molecule has 0 atom stereocenters.